The van der Waals surface area contributed by atoms with E-state index in [0.29, 0.717) is 0 Å². The van der Waals surface area contributed by atoms with E-state index in [0.717, 1.165) is 34.4 Å². The number of carbonyl (C=O) groups excluding carboxylic acids is 1. The van der Waals surface area contributed by atoms with Crippen LogP contribution in [0, 0.1) is 0 Å². The van der Waals surface area contributed by atoms with Gasteiger partial charge in [-0.1, -0.05) is 48.5 Å². The molecule has 8 heteroatoms. The van der Waals surface area contributed by atoms with Crippen LogP contribution >= 0.6 is 0 Å². The third-order valence-electron chi connectivity index (χ3n) is 5.18. The molecule has 8 nitrogen and oxygen atoms in total. The molecule has 31 heavy (non-hydrogen) atoms. The van der Waals surface area contributed by atoms with Crippen molar-refractivity contribution in [3.8, 4) is 16.9 Å². The average molecular weight is 419 g/mol. The number of carboxylic acid groups (broad SMARTS) is 2. The molecule has 0 spiro atoms. The highest BCUT2D eigenvalue weighted by atomic mass is 16.5. The molecule has 0 saturated heterocycles. The summed E-state index contributed by atoms with van der Waals surface area (Å²) < 4.78 is 5.35. The lowest BCUT2D eigenvalue weighted by Crippen LogP contribution is -2.18. The minimum Gasteiger partial charge on any atom is -0.506 e. The van der Waals surface area contributed by atoms with Gasteiger partial charge in [0.1, 0.15) is 12.4 Å². The van der Waals surface area contributed by atoms with Crippen LogP contribution in [-0.4, -0.2) is 40.0 Å². The Morgan fingerprint density at radius 1 is 0.839 bits per heavy atom. The fourth-order valence-corrected chi connectivity index (χ4v) is 3.79. The molecule has 4 rings (SSSR count). The first-order valence-electron chi connectivity index (χ1n) is 9.32. The van der Waals surface area contributed by atoms with E-state index in [1.807, 2.05) is 48.5 Å². The molecule has 0 saturated carbocycles. The van der Waals surface area contributed by atoms with Gasteiger partial charge in [0.15, 0.2) is 0 Å². The largest absolute Gasteiger partial charge is 0.506 e. The number of aromatic hydroxyl groups is 1. The predicted octanol–water partition coefficient (Wildman–Crippen LogP) is 4.15. The maximum absolute atomic E-state index is 12.3. The van der Waals surface area contributed by atoms with Crippen LogP contribution in [0.4, 0.5) is 10.5 Å². The van der Waals surface area contributed by atoms with Crippen molar-refractivity contribution in [3.05, 3.63) is 82.9 Å². The number of fused-ring (bicyclic) bond motifs is 3. The zero-order chi connectivity index (χ0) is 22.1. The van der Waals surface area contributed by atoms with Crippen LogP contribution in [0.5, 0.6) is 5.75 Å². The molecule has 0 aromatic heterocycles. The molecule has 1 aliphatic carbocycles. The monoisotopic (exact) mass is 419 g/mol. The van der Waals surface area contributed by atoms with E-state index in [2.05, 4.69) is 5.32 Å². The van der Waals surface area contributed by atoms with Crippen LogP contribution in [-0.2, 0) is 4.74 Å². The number of nitrogens with one attached hydrogen (secondary N) is 1. The lowest BCUT2D eigenvalue weighted by molar-refractivity contribution is 0.0651. The van der Waals surface area contributed by atoms with E-state index < -0.39 is 34.9 Å². The Bertz CT molecular complexity index is 1170. The molecule has 1 aliphatic rings. The number of phenolic OH excluding ortho intramolecular Hbond substituents is 1. The van der Waals surface area contributed by atoms with Gasteiger partial charge < -0.3 is 20.1 Å². The van der Waals surface area contributed by atoms with Gasteiger partial charge in [-0.05, 0) is 34.4 Å². The minimum absolute atomic E-state index is 0.0274. The topological polar surface area (TPSA) is 133 Å². The van der Waals surface area contributed by atoms with Gasteiger partial charge in [0.05, 0.1) is 16.8 Å². The molecule has 0 fully saturated rings. The molecule has 0 radical (unpaired) electrons. The molecule has 1 amide bonds. The first kappa shape index (κ1) is 20.0. The highest BCUT2D eigenvalue weighted by molar-refractivity contribution is 6.04. The number of amides is 1. The van der Waals surface area contributed by atoms with E-state index in [-0.39, 0.29) is 18.2 Å². The number of phenols is 1. The van der Waals surface area contributed by atoms with Crippen molar-refractivity contribution < 1.29 is 34.4 Å². The quantitative estimate of drug-likeness (QED) is 0.457. The maximum atomic E-state index is 12.3. The fraction of sp³-hybridized carbons (Fsp3) is 0.0870. The van der Waals surface area contributed by atoms with Crippen LogP contribution in [0.1, 0.15) is 37.8 Å². The van der Waals surface area contributed by atoms with E-state index in [1.165, 1.54) is 0 Å². The standard InChI is InChI=1S/C23H17NO7/c25-20-10-17(22(28)29)16(21(26)27)9-19(20)24-23(30)31-11-18-14-7-3-1-5-12(14)13-6-2-4-8-15(13)18/h1-10,18,25H,11H2,(H,24,30)(H,26,27)(H,28,29). The molecule has 3 aromatic carbocycles. The summed E-state index contributed by atoms with van der Waals surface area (Å²) in [4.78, 5) is 34.8. The Hall–Kier alpha value is -4.33. The van der Waals surface area contributed by atoms with Crippen LogP contribution < -0.4 is 5.32 Å². The van der Waals surface area contributed by atoms with Crippen LogP contribution in [0.15, 0.2) is 60.7 Å². The van der Waals surface area contributed by atoms with E-state index in [4.69, 9.17) is 9.84 Å². The summed E-state index contributed by atoms with van der Waals surface area (Å²) in [6, 6.07) is 17.3. The molecule has 156 valence electrons. The summed E-state index contributed by atoms with van der Waals surface area (Å²) in [5, 5.41) is 30.6. The minimum atomic E-state index is -1.51. The second-order valence-corrected chi connectivity index (χ2v) is 6.98. The first-order chi connectivity index (χ1) is 14.9. The third kappa shape index (κ3) is 3.66. The number of benzene rings is 3. The molecule has 0 bridgehead atoms. The van der Waals surface area contributed by atoms with Gasteiger partial charge in [-0.3, -0.25) is 5.32 Å². The number of carboxylic acids is 2. The molecule has 0 heterocycles. The van der Waals surface area contributed by atoms with Gasteiger partial charge in [0, 0.05) is 5.92 Å². The summed E-state index contributed by atoms with van der Waals surface area (Å²) in [5.41, 5.74) is 2.76. The average Bonchev–Trinajstić information content (AvgIpc) is 3.07. The molecule has 0 unspecified atom stereocenters. The summed E-state index contributed by atoms with van der Waals surface area (Å²) in [7, 11) is 0. The predicted molar refractivity (Wildman–Crippen MR) is 111 cm³/mol. The van der Waals surface area contributed by atoms with Gasteiger partial charge in [-0.15, -0.1) is 0 Å². The summed E-state index contributed by atoms with van der Waals surface area (Å²) in [6.07, 6.45) is -0.906. The van der Waals surface area contributed by atoms with Gasteiger partial charge in [0.25, 0.3) is 0 Å². The second-order valence-electron chi connectivity index (χ2n) is 6.98. The van der Waals surface area contributed by atoms with Crippen molar-refractivity contribution >= 4 is 23.7 Å². The zero-order valence-electron chi connectivity index (χ0n) is 16.0. The summed E-state index contributed by atoms with van der Waals surface area (Å²) in [6.45, 7) is 0.0274. The molecular formula is C23H17NO7. The Labute approximate surface area is 176 Å². The summed E-state index contributed by atoms with van der Waals surface area (Å²) in [5.74, 6) is -3.78. The van der Waals surface area contributed by atoms with E-state index in [9.17, 15) is 24.6 Å². The van der Waals surface area contributed by atoms with Gasteiger partial charge in [-0.2, -0.15) is 0 Å². The first-order valence-corrected chi connectivity index (χ1v) is 9.32. The number of carbonyl (C=O) groups is 3. The SMILES string of the molecule is O=C(Nc1cc(C(=O)O)c(C(=O)O)cc1O)OCC1c2ccccc2-c2ccccc21. The molecule has 3 aromatic rings. The molecule has 0 atom stereocenters. The number of rotatable bonds is 5. The van der Waals surface area contributed by atoms with E-state index in [1.54, 1.807) is 0 Å². The number of ether oxygens (including phenoxy) is 1. The third-order valence-corrected chi connectivity index (χ3v) is 5.18. The molecule has 0 aliphatic heterocycles. The smallest absolute Gasteiger partial charge is 0.411 e. The van der Waals surface area contributed by atoms with Crippen molar-refractivity contribution in [1.82, 2.24) is 0 Å². The number of hydrogen-bond donors (Lipinski definition) is 4. The Morgan fingerprint density at radius 2 is 1.35 bits per heavy atom. The van der Waals surface area contributed by atoms with Gasteiger partial charge in [-0.25, -0.2) is 14.4 Å². The fourth-order valence-electron chi connectivity index (χ4n) is 3.79. The lowest BCUT2D eigenvalue weighted by Gasteiger charge is -2.15. The van der Waals surface area contributed by atoms with Gasteiger partial charge >= 0.3 is 18.0 Å². The number of anilines is 1. The maximum Gasteiger partial charge on any atom is 0.411 e. The normalized spacial score (nSPS) is 12.0. The highest BCUT2D eigenvalue weighted by Crippen LogP contribution is 2.44. The lowest BCUT2D eigenvalue weighted by atomic mass is 9.98. The van der Waals surface area contributed by atoms with Crippen LogP contribution in [0.3, 0.4) is 0 Å². The van der Waals surface area contributed by atoms with Crippen molar-refractivity contribution in [2.24, 2.45) is 0 Å². The number of hydrogen-bond acceptors (Lipinski definition) is 5. The second kappa shape index (κ2) is 7.83. The highest BCUT2D eigenvalue weighted by Gasteiger charge is 2.29. The van der Waals surface area contributed by atoms with Crippen molar-refractivity contribution in [3.63, 3.8) is 0 Å². The molecule has 4 N–H and O–H groups in total. The number of aromatic carboxylic acids is 2. The van der Waals surface area contributed by atoms with Gasteiger partial charge in [0.2, 0.25) is 0 Å². The van der Waals surface area contributed by atoms with Crippen molar-refractivity contribution in [1.29, 1.82) is 0 Å². The Balaban J connectivity index is 1.53. The van der Waals surface area contributed by atoms with E-state index >= 15 is 0 Å². The molecular weight excluding hydrogens is 402 g/mol. The van der Waals surface area contributed by atoms with Crippen LogP contribution in [0.25, 0.3) is 11.1 Å². The van der Waals surface area contributed by atoms with Crippen molar-refractivity contribution in [2.75, 3.05) is 11.9 Å². The van der Waals surface area contributed by atoms with Crippen molar-refractivity contribution in [2.45, 2.75) is 5.92 Å². The summed E-state index contributed by atoms with van der Waals surface area (Å²) >= 11 is 0. The zero-order valence-corrected chi connectivity index (χ0v) is 16.0. The van der Waals surface area contributed by atoms with Crippen LogP contribution in [0.2, 0.25) is 0 Å². The Kier molecular flexibility index (Phi) is 5.04. The Morgan fingerprint density at radius 3 is 1.90 bits per heavy atom.